The van der Waals surface area contributed by atoms with Gasteiger partial charge in [-0.3, -0.25) is 0 Å². The van der Waals surface area contributed by atoms with Crippen LogP contribution in [0, 0.1) is 0 Å². The Morgan fingerprint density at radius 1 is 0.421 bits per heavy atom. The third kappa shape index (κ3) is 5.66. The predicted molar refractivity (Wildman–Crippen MR) is 237 cm³/mol. The lowest BCUT2D eigenvalue weighted by Crippen LogP contribution is -2.10. The van der Waals surface area contributed by atoms with Gasteiger partial charge in [0.05, 0.1) is 11.0 Å². The van der Waals surface area contributed by atoms with Crippen LogP contribution >= 0.6 is 0 Å². The molecule has 0 aliphatic carbocycles. The second kappa shape index (κ2) is 13.6. The molecular weight excluding hydrogens is 695 g/mol. The van der Waals surface area contributed by atoms with Crippen LogP contribution in [0.2, 0.25) is 0 Å². The zero-order valence-electron chi connectivity index (χ0n) is 31.0. The van der Waals surface area contributed by atoms with E-state index in [0.29, 0.717) is 5.89 Å². The summed E-state index contributed by atoms with van der Waals surface area (Å²) in [6, 6.07) is 75.2. The molecule has 4 heteroatoms. The molecule has 0 bridgehead atoms. The van der Waals surface area contributed by atoms with E-state index in [-0.39, 0.29) is 0 Å². The minimum absolute atomic E-state index is 0.621. The SMILES string of the molecule is c1ccc(-c2cccc(N(c3ccc(-c4cccc5nc(-c6ccccc6)oc45)cc3)c3ccc4c5c6ccccc6ccc5n(-c5ccccc5)c4c3)c2)cc1. The Balaban J connectivity index is 1.09. The average molecular weight is 730 g/mol. The number of anilines is 3. The van der Waals surface area contributed by atoms with Gasteiger partial charge < -0.3 is 13.9 Å². The van der Waals surface area contributed by atoms with Crippen molar-refractivity contribution in [1.82, 2.24) is 9.55 Å². The zero-order valence-corrected chi connectivity index (χ0v) is 31.0. The third-order valence-corrected chi connectivity index (χ3v) is 11.0. The molecule has 2 heterocycles. The molecule has 0 unspecified atom stereocenters. The topological polar surface area (TPSA) is 34.2 Å². The number of para-hydroxylation sites is 2. The number of fused-ring (bicyclic) bond motifs is 6. The van der Waals surface area contributed by atoms with E-state index in [9.17, 15) is 0 Å². The largest absolute Gasteiger partial charge is 0.435 e. The fraction of sp³-hybridized carbons (Fsp3) is 0. The van der Waals surface area contributed by atoms with Crippen molar-refractivity contribution < 1.29 is 4.42 Å². The maximum Gasteiger partial charge on any atom is 0.227 e. The molecule has 4 nitrogen and oxygen atoms in total. The van der Waals surface area contributed by atoms with Crippen molar-refractivity contribution in [1.29, 1.82) is 0 Å². The summed E-state index contributed by atoms with van der Waals surface area (Å²) in [6.07, 6.45) is 0. The molecule has 0 aliphatic rings. The van der Waals surface area contributed by atoms with Gasteiger partial charge in [-0.1, -0.05) is 140 Å². The van der Waals surface area contributed by atoms with E-state index >= 15 is 0 Å². The van der Waals surface area contributed by atoms with Crippen LogP contribution in [0.3, 0.4) is 0 Å². The normalized spacial score (nSPS) is 11.5. The molecule has 0 fully saturated rings. The molecule has 0 atom stereocenters. The summed E-state index contributed by atoms with van der Waals surface area (Å²) < 4.78 is 8.83. The molecule has 0 saturated carbocycles. The monoisotopic (exact) mass is 729 g/mol. The Labute approximate surface area is 330 Å². The Morgan fingerprint density at radius 3 is 1.89 bits per heavy atom. The summed E-state index contributed by atoms with van der Waals surface area (Å²) in [5.41, 5.74) is 13.6. The summed E-state index contributed by atoms with van der Waals surface area (Å²) in [6.45, 7) is 0. The number of hydrogen-bond donors (Lipinski definition) is 0. The smallest absolute Gasteiger partial charge is 0.227 e. The molecule has 0 N–H and O–H groups in total. The van der Waals surface area contributed by atoms with Crippen molar-refractivity contribution >= 4 is 60.7 Å². The standard InChI is InChI=1S/C53H35N3O/c1-4-14-36(15-5-1)40-19-12-22-43(34-40)55(42-29-26-38(27-30-42)46-24-13-25-48-52(46)57-53(54-48)39-17-6-2-7-18-39)44-31-32-47-50(35-44)56(41-20-8-3-9-21-41)49-33-28-37-16-10-11-23-45(37)51(47)49/h1-35H. The van der Waals surface area contributed by atoms with E-state index in [1.807, 2.05) is 36.4 Å². The molecule has 2 aromatic heterocycles. The number of oxazole rings is 1. The van der Waals surface area contributed by atoms with Gasteiger partial charge in [0.1, 0.15) is 5.52 Å². The van der Waals surface area contributed by atoms with Crippen molar-refractivity contribution in [2.75, 3.05) is 4.90 Å². The minimum Gasteiger partial charge on any atom is -0.435 e. The molecule has 0 aliphatic heterocycles. The molecule has 0 radical (unpaired) electrons. The first kappa shape index (κ1) is 32.7. The lowest BCUT2D eigenvalue weighted by molar-refractivity contribution is 0.621. The lowest BCUT2D eigenvalue weighted by Gasteiger charge is -2.26. The van der Waals surface area contributed by atoms with Crippen molar-refractivity contribution in [3.05, 3.63) is 212 Å². The van der Waals surface area contributed by atoms with E-state index in [1.165, 1.54) is 32.6 Å². The van der Waals surface area contributed by atoms with Crippen LogP contribution in [0.25, 0.3) is 83.1 Å². The first-order valence-corrected chi connectivity index (χ1v) is 19.3. The second-order valence-corrected chi connectivity index (χ2v) is 14.4. The highest BCUT2D eigenvalue weighted by Gasteiger charge is 2.20. The zero-order chi connectivity index (χ0) is 37.7. The average Bonchev–Trinajstić information content (AvgIpc) is 3.88. The van der Waals surface area contributed by atoms with Crippen molar-refractivity contribution in [3.8, 4) is 39.4 Å². The molecule has 57 heavy (non-hydrogen) atoms. The van der Waals surface area contributed by atoms with Gasteiger partial charge in [-0.05, 0) is 100 Å². The van der Waals surface area contributed by atoms with Gasteiger partial charge in [-0.25, -0.2) is 4.98 Å². The Kier molecular flexibility index (Phi) is 7.78. The van der Waals surface area contributed by atoms with Gasteiger partial charge in [0.15, 0.2) is 5.58 Å². The minimum atomic E-state index is 0.621. The molecule has 11 rings (SSSR count). The molecular formula is C53H35N3O. The second-order valence-electron chi connectivity index (χ2n) is 14.4. The van der Waals surface area contributed by atoms with Gasteiger partial charge >= 0.3 is 0 Å². The van der Waals surface area contributed by atoms with Crippen LogP contribution in [0.4, 0.5) is 17.1 Å². The summed E-state index contributed by atoms with van der Waals surface area (Å²) in [7, 11) is 0. The van der Waals surface area contributed by atoms with Crippen molar-refractivity contribution in [3.63, 3.8) is 0 Å². The maximum atomic E-state index is 6.43. The number of nitrogens with zero attached hydrogens (tertiary/aromatic N) is 3. The van der Waals surface area contributed by atoms with Crippen molar-refractivity contribution in [2.45, 2.75) is 0 Å². The van der Waals surface area contributed by atoms with Crippen LogP contribution in [0.1, 0.15) is 0 Å². The summed E-state index contributed by atoms with van der Waals surface area (Å²) >= 11 is 0. The van der Waals surface area contributed by atoms with Crippen LogP contribution in [-0.2, 0) is 0 Å². The van der Waals surface area contributed by atoms with Crippen LogP contribution < -0.4 is 4.90 Å². The summed E-state index contributed by atoms with van der Waals surface area (Å²) in [5.74, 6) is 0.621. The van der Waals surface area contributed by atoms with Crippen LogP contribution in [0.15, 0.2) is 217 Å². The van der Waals surface area contributed by atoms with Gasteiger partial charge in [-0.2, -0.15) is 0 Å². The van der Waals surface area contributed by atoms with Crippen molar-refractivity contribution in [2.24, 2.45) is 0 Å². The fourth-order valence-corrected chi connectivity index (χ4v) is 8.34. The van der Waals surface area contributed by atoms with E-state index in [0.717, 1.165) is 61.6 Å². The Bertz CT molecular complexity index is 3220. The van der Waals surface area contributed by atoms with Crippen LogP contribution in [0.5, 0.6) is 0 Å². The number of hydrogen-bond acceptors (Lipinski definition) is 3. The molecule has 9 aromatic carbocycles. The third-order valence-electron chi connectivity index (χ3n) is 11.0. The molecule has 268 valence electrons. The molecule has 0 saturated heterocycles. The summed E-state index contributed by atoms with van der Waals surface area (Å²) in [4.78, 5) is 7.20. The maximum absolute atomic E-state index is 6.43. The first-order chi connectivity index (χ1) is 28.3. The highest BCUT2D eigenvalue weighted by atomic mass is 16.3. The quantitative estimate of drug-likeness (QED) is 0.164. The van der Waals surface area contributed by atoms with E-state index in [4.69, 9.17) is 9.40 Å². The highest BCUT2D eigenvalue weighted by molar-refractivity contribution is 6.21. The summed E-state index contributed by atoms with van der Waals surface area (Å²) in [5, 5.41) is 4.97. The first-order valence-electron chi connectivity index (χ1n) is 19.3. The Morgan fingerprint density at radius 2 is 1.09 bits per heavy atom. The van der Waals surface area contributed by atoms with Gasteiger partial charge in [0.2, 0.25) is 5.89 Å². The molecule has 0 spiro atoms. The number of benzene rings is 9. The number of aromatic nitrogens is 2. The Hall–Kier alpha value is -7.69. The van der Waals surface area contributed by atoms with E-state index in [1.54, 1.807) is 0 Å². The fourth-order valence-electron chi connectivity index (χ4n) is 8.34. The van der Waals surface area contributed by atoms with Gasteiger partial charge in [-0.15, -0.1) is 0 Å². The predicted octanol–water partition coefficient (Wildman–Crippen LogP) is 14.5. The highest BCUT2D eigenvalue weighted by Crippen LogP contribution is 2.43. The van der Waals surface area contributed by atoms with Gasteiger partial charge in [0.25, 0.3) is 0 Å². The lowest BCUT2D eigenvalue weighted by atomic mass is 10.0. The van der Waals surface area contributed by atoms with E-state index in [2.05, 4.69) is 185 Å². The molecule has 11 aromatic rings. The van der Waals surface area contributed by atoms with Gasteiger partial charge in [0, 0.05) is 44.6 Å². The van der Waals surface area contributed by atoms with E-state index < -0.39 is 0 Å². The van der Waals surface area contributed by atoms with Crippen LogP contribution in [-0.4, -0.2) is 9.55 Å². The molecule has 0 amide bonds. The number of rotatable bonds is 7.